The van der Waals surface area contributed by atoms with Crippen molar-refractivity contribution >= 4 is 34.2 Å². The van der Waals surface area contributed by atoms with Crippen molar-refractivity contribution in [1.29, 1.82) is 0 Å². The number of hydrogen-bond acceptors (Lipinski definition) is 5. The van der Waals surface area contributed by atoms with Crippen LogP contribution >= 0.6 is 11.3 Å². The van der Waals surface area contributed by atoms with Crippen LogP contribution in [-0.4, -0.2) is 69.9 Å². The van der Waals surface area contributed by atoms with Crippen LogP contribution in [0.25, 0.3) is 11.0 Å². The first-order chi connectivity index (χ1) is 21.7. The first kappa shape index (κ1) is 34.4. The Morgan fingerprint density at radius 2 is 1.89 bits per heavy atom. The smallest absolute Gasteiger partial charge is 0.252 e. The summed E-state index contributed by atoms with van der Waals surface area (Å²) in [5, 5.41) is 5.21. The molecule has 1 aromatic carbocycles. The van der Waals surface area contributed by atoms with Gasteiger partial charge < -0.3 is 14.8 Å². The lowest BCUT2D eigenvalue weighted by Crippen LogP contribution is -2.53. The van der Waals surface area contributed by atoms with E-state index in [4.69, 9.17) is 4.98 Å². The molecule has 2 aromatic heterocycles. The molecule has 3 heterocycles. The van der Waals surface area contributed by atoms with Crippen molar-refractivity contribution in [2.24, 2.45) is 5.92 Å². The molecular weight excluding hydrogens is 579 g/mol. The lowest BCUT2D eigenvalue weighted by atomic mass is 9.98. The molecule has 0 spiro atoms. The van der Waals surface area contributed by atoms with Crippen LogP contribution in [0.15, 0.2) is 72.7 Å². The third-order valence-corrected chi connectivity index (χ3v) is 9.86. The molecule has 45 heavy (non-hydrogen) atoms. The molecule has 7 nitrogen and oxygen atoms in total. The fraction of sp³-hybridized carbons (Fsp3) is 0.486. The van der Waals surface area contributed by atoms with Gasteiger partial charge in [0, 0.05) is 48.6 Å². The fourth-order valence-electron chi connectivity index (χ4n) is 6.48. The SMILES string of the molecule is C=C/C=C(\C=C)CN(C)C1CCN(C(=O)[C@H](CC(C)C)NC(=O)c2ccc3c(c2)nc(Cc2cccs2)n3C(CC)CC)CC1. The van der Waals surface area contributed by atoms with Gasteiger partial charge in [-0.3, -0.25) is 14.5 Å². The van der Waals surface area contributed by atoms with Gasteiger partial charge in [-0.05, 0) is 80.3 Å². The van der Waals surface area contributed by atoms with Gasteiger partial charge in [-0.2, -0.15) is 0 Å². The van der Waals surface area contributed by atoms with E-state index in [2.05, 4.69) is 80.2 Å². The average molecular weight is 630 g/mol. The van der Waals surface area contributed by atoms with E-state index in [-0.39, 0.29) is 17.7 Å². The molecule has 0 radical (unpaired) electrons. The molecule has 0 unspecified atom stereocenters. The first-order valence-corrected chi connectivity index (χ1v) is 17.3. The number of imidazole rings is 1. The lowest BCUT2D eigenvalue weighted by Gasteiger charge is -2.38. The van der Waals surface area contributed by atoms with E-state index < -0.39 is 6.04 Å². The molecule has 1 aliphatic heterocycles. The van der Waals surface area contributed by atoms with Crippen LogP contribution in [-0.2, 0) is 11.2 Å². The Morgan fingerprint density at radius 1 is 1.16 bits per heavy atom. The second-order valence-electron chi connectivity index (χ2n) is 12.6. The van der Waals surface area contributed by atoms with Gasteiger partial charge in [0.05, 0.1) is 11.0 Å². The number of piperidine rings is 1. The Morgan fingerprint density at radius 3 is 2.49 bits per heavy atom. The zero-order valence-electron chi connectivity index (χ0n) is 27.8. The number of carbonyl (C=O) groups excluding carboxylic acids is 2. The second-order valence-corrected chi connectivity index (χ2v) is 13.7. The number of fused-ring (bicyclic) bond motifs is 1. The van der Waals surface area contributed by atoms with Crippen molar-refractivity contribution in [1.82, 2.24) is 24.7 Å². The molecule has 1 aliphatic rings. The zero-order valence-corrected chi connectivity index (χ0v) is 28.6. The maximum Gasteiger partial charge on any atom is 0.252 e. The number of likely N-dealkylation sites (N-methyl/N-ethyl adjacent to an activating group) is 1. The first-order valence-electron chi connectivity index (χ1n) is 16.5. The summed E-state index contributed by atoms with van der Waals surface area (Å²) in [5.74, 6) is 1.06. The molecular formula is C37H51N5O2S. The zero-order chi connectivity index (χ0) is 32.5. The largest absolute Gasteiger partial charge is 0.341 e. The number of hydrogen-bond donors (Lipinski definition) is 1. The number of aromatic nitrogens is 2. The normalized spacial score (nSPS) is 15.3. The van der Waals surface area contributed by atoms with Gasteiger partial charge in [0.1, 0.15) is 11.9 Å². The van der Waals surface area contributed by atoms with E-state index in [0.717, 1.165) is 61.1 Å². The number of nitrogens with zero attached hydrogens (tertiary/aromatic N) is 4. The Bertz CT molecular complexity index is 1480. The Balaban J connectivity index is 1.48. The summed E-state index contributed by atoms with van der Waals surface area (Å²) >= 11 is 1.74. The summed E-state index contributed by atoms with van der Waals surface area (Å²) in [6.07, 6.45) is 10.8. The summed E-state index contributed by atoms with van der Waals surface area (Å²) in [6, 6.07) is 10.2. The molecule has 0 aliphatic carbocycles. The van der Waals surface area contributed by atoms with Gasteiger partial charge in [-0.15, -0.1) is 11.3 Å². The third kappa shape index (κ3) is 8.61. The predicted octanol–water partition coefficient (Wildman–Crippen LogP) is 7.42. The average Bonchev–Trinajstić information content (AvgIpc) is 3.68. The van der Waals surface area contributed by atoms with Crippen molar-refractivity contribution in [2.75, 3.05) is 26.7 Å². The molecule has 0 saturated carbocycles. The van der Waals surface area contributed by atoms with Crippen molar-refractivity contribution in [3.63, 3.8) is 0 Å². The number of benzene rings is 1. The van der Waals surface area contributed by atoms with Gasteiger partial charge in [0.2, 0.25) is 5.91 Å². The summed E-state index contributed by atoms with van der Waals surface area (Å²) in [5.41, 5.74) is 3.54. The van der Waals surface area contributed by atoms with Crippen molar-refractivity contribution in [2.45, 2.75) is 84.3 Å². The lowest BCUT2D eigenvalue weighted by molar-refractivity contribution is -0.135. The molecule has 8 heteroatoms. The fourth-order valence-corrected chi connectivity index (χ4v) is 7.18. The minimum Gasteiger partial charge on any atom is -0.341 e. The minimum absolute atomic E-state index is 0.00816. The third-order valence-electron chi connectivity index (χ3n) is 8.98. The van der Waals surface area contributed by atoms with Gasteiger partial charge in [0.15, 0.2) is 0 Å². The Kier molecular flexibility index (Phi) is 12.4. The highest BCUT2D eigenvalue weighted by molar-refractivity contribution is 7.09. The maximum absolute atomic E-state index is 13.8. The number of carbonyl (C=O) groups is 2. The summed E-state index contributed by atoms with van der Waals surface area (Å²) in [4.78, 5) is 38.0. The van der Waals surface area contributed by atoms with Crippen LogP contribution in [0.2, 0.25) is 0 Å². The van der Waals surface area contributed by atoms with Crippen molar-refractivity contribution in [3.05, 3.63) is 88.9 Å². The molecule has 3 aromatic rings. The highest BCUT2D eigenvalue weighted by Crippen LogP contribution is 2.29. The van der Waals surface area contributed by atoms with Crippen LogP contribution in [0, 0.1) is 5.92 Å². The number of amides is 2. The highest BCUT2D eigenvalue weighted by Gasteiger charge is 2.31. The second kappa shape index (κ2) is 16.2. The van der Waals surface area contributed by atoms with Gasteiger partial charge in [-0.1, -0.05) is 65.1 Å². The number of nitrogens with one attached hydrogen (secondary N) is 1. The van der Waals surface area contributed by atoms with Gasteiger partial charge >= 0.3 is 0 Å². The molecule has 0 bridgehead atoms. The van der Waals surface area contributed by atoms with Crippen LogP contribution in [0.3, 0.4) is 0 Å². The van der Waals surface area contributed by atoms with E-state index >= 15 is 0 Å². The Labute approximate surface area is 273 Å². The predicted molar refractivity (Wildman–Crippen MR) is 188 cm³/mol. The van der Waals surface area contributed by atoms with E-state index in [1.807, 2.05) is 35.3 Å². The molecule has 1 N–H and O–H groups in total. The van der Waals surface area contributed by atoms with Crippen LogP contribution < -0.4 is 5.32 Å². The van der Waals surface area contributed by atoms with Gasteiger partial charge in [-0.25, -0.2) is 4.98 Å². The number of rotatable bonds is 15. The van der Waals surface area contributed by atoms with Crippen LogP contribution in [0.1, 0.15) is 86.9 Å². The molecule has 1 fully saturated rings. The number of thiophene rings is 1. The standard InChI is InChI=1S/C37H51N5O2S/c1-8-13-27(9-2)25-40(7)30-17-19-41(20-18-30)37(44)33(22-26(5)6)39-36(43)28-15-16-34-32(23-28)38-35(24-31-14-12-21-45-31)42(34)29(10-3)11-4/h8-9,12-16,21,23,26,29-30,33H,1-2,10-11,17-20,22,24-25H2,3-7H3,(H,39,43)/b27-13+/t33-/m0/s1. The topological polar surface area (TPSA) is 70.5 Å². The summed E-state index contributed by atoms with van der Waals surface area (Å²) in [6.45, 7) is 18.5. The summed E-state index contributed by atoms with van der Waals surface area (Å²) in [7, 11) is 2.13. The molecule has 4 rings (SSSR count). The molecule has 2 amide bonds. The Hall–Kier alpha value is -3.49. The van der Waals surface area contributed by atoms with E-state index in [1.165, 1.54) is 4.88 Å². The quantitative estimate of drug-likeness (QED) is 0.178. The molecule has 242 valence electrons. The number of allylic oxidation sites excluding steroid dienone is 2. The molecule has 1 saturated heterocycles. The maximum atomic E-state index is 13.8. The molecule has 1 atom stereocenters. The highest BCUT2D eigenvalue weighted by atomic mass is 32.1. The van der Waals surface area contributed by atoms with E-state index in [9.17, 15) is 9.59 Å². The van der Waals surface area contributed by atoms with Crippen LogP contribution in [0.4, 0.5) is 0 Å². The van der Waals surface area contributed by atoms with Gasteiger partial charge in [0.25, 0.3) is 5.91 Å². The number of likely N-dealkylation sites (tertiary alicyclic amines) is 1. The monoisotopic (exact) mass is 629 g/mol. The minimum atomic E-state index is -0.568. The van der Waals surface area contributed by atoms with Crippen molar-refractivity contribution < 1.29 is 9.59 Å². The van der Waals surface area contributed by atoms with E-state index in [1.54, 1.807) is 17.4 Å². The van der Waals surface area contributed by atoms with Crippen molar-refractivity contribution in [3.8, 4) is 0 Å². The van der Waals surface area contributed by atoms with E-state index in [0.29, 0.717) is 37.2 Å². The van der Waals surface area contributed by atoms with Crippen LogP contribution in [0.5, 0.6) is 0 Å². The summed E-state index contributed by atoms with van der Waals surface area (Å²) < 4.78 is 2.36.